The van der Waals surface area contributed by atoms with Gasteiger partial charge in [0.2, 0.25) is 0 Å². The summed E-state index contributed by atoms with van der Waals surface area (Å²) in [4.78, 5) is 4.75. The first kappa shape index (κ1) is 11.9. The van der Waals surface area contributed by atoms with Gasteiger partial charge in [0.05, 0.1) is 0 Å². The topological polar surface area (TPSA) is 6.48 Å². The van der Waals surface area contributed by atoms with Gasteiger partial charge in [-0.1, -0.05) is 6.92 Å². The van der Waals surface area contributed by atoms with Crippen molar-refractivity contribution in [1.29, 1.82) is 0 Å². The fraction of sp³-hybridized carbons (Fsp3) is 1.00. The molecule has 0 radical (unpaired) electrons. The average molecular weight is 172 g/mol. The van der Waals surface area contributed by atoms with Gasteiger partial charge in [-0.25, -0.2) is 0 Å². The summed E-state index contributed by atoms with van der Waals surface area (Å²) in [6.45, 7) is 10.4. The highest BCUT2D eigenvalue weighted by Gasteiger charge is 2.05. The molecule has 0 aliphatic heterocycles. The molecule has 0 N–H and O–H groups in total. The monoisotopic (exact) mass is 172 g/mol. The number of hydrogen-bond acceptors (Lipinski definition) is 2. The summed E-state index contributed by atoms with van der Waals surface area (Å²) in [5, 5.41) is 0. The van der Waals surface area contributed by atoms with Crippen LogP contribution in [0.5, 0.6) is 0 Å². The first-order chi connectivity index (χ1) is 5.57. The minimum atomic E-state index is 0.692. The van der Waals surface area contributed by atoms with E-state index < -0.39 is 0 Å². The van der Waals surface area contributed by atoms with Crippen LogP contribution in [0, 0.1) is 0 Å². The summed E-state index contributed by atoms with van der Waals surface area (Å²) in [7, 11) is 4.26. The van der Waals surface area contributed by atoms with Gasteiger partial charge in [0.1, 0.15) is 0 Å². The first-order valence-corrected chi connectivity index (χ1v) is 4.96. The van der Waals surface area contributed by atoms with E-state index in [0.717, 1.165) is 0 Å². The molecule has 2 nitrogen and oxygen atoms in total. The van der Waals surface area contributed by atoms with E-state index in [2.05, 4.69) is 44.7 Å². The van der Waals surface area contributed by atoms with Crippen molar-refractivity contribution in [2.75, 3.05) is 33.7 Å². The van der Waals surface area contributed by atoms with Crippen molar-refractivity contribution in [2.24, 2.45) is 0 Å². The normalized spacial score (nSPS) is 12.0. The fourth-order valence-corrected chi connectivity index (χ4v) is 1.37. The van der Waals surface area contributed by atoms with Crippen LogP contribution < -0.4 is 0 Å². The van der Waals surface area contributed by atoms with E-state index in [4.69, 9.17) is 0 Å². The molecule has 0 unspecified atom stereocenters. The molecule has 12 heavy (non-hydrogen) atoms. The largest absolute Gasteiger partial charge is 0.309 e. The first-order valence-electron chi connectivity index (χ1n) is 4.96. The van der Waals surface area contributed by atoms with Crippen molar-refractivity contribution in [3.05, 3.63) is 0 Å². The minimum Gasteiger partial charge on any atom is -0.309 e. The summed E-state index contributed by atoms with van der Waals surface area (Å²) in [5.41, 5.74) is 0. The van der Waals surface area contributed by atoms with Crippen molar-refractivity contribution in [2.45, 2.75) is 33.2 Å². The van der Waals surface area contributed by atoms with Gasteiger partial charge < -0.3 is 9.80 Å². The van der Waals surface area contributed by atoms with E-state index in [9.17, 15) is 0 Å². The lowest BCUT2D eigenvalue weighted by atomic mass is 10.3. The van der Waals surface area contributed by atoms with Crippen molar-refractivity contribution in [1.82, 2.24) is 9.80 Å². The molecule has 0 fully saturated rings. The molecular weight excluding hydrogens is 148 g/mol. The molecule has 0 aromatic carbocycles. The zero-order valence-electron chi connectivity index (χ0n) is 9.30. The zero-order valence-corrected chi connectivity index (χ0v) is 9.30. The molecule has 0 bridgehead atoms. The van der Waals surface area contributed by atoms with E-state index in [1.807, 2.05) is 0 Å². The molecule has 0 aromatic rings. The molecule has 0 saturated carbocycles. The Balaban J connectivity index is 3.45. The summed E-state index contributed by atoms with van der Waals surface area (Å²) in [5.74, 6) is 0. The van der Waals surface area contributed by atoms with Gasteiger partial charge in [0.15, 0.2) is 0 Å². The van der Waals surface area contributed by atoms with Crippen molar-refractivity contribution in [3.63, 3.8) is 0 Å². The number of hydrogen-bond donors (Lipinski definition) is 0. The third-order valence-electron chi connectivity index (χ3n) is 2.19. The Hall–Kier alpha value is -0.0800. The lowest BCUT2D eigenvalue weighted by Gasteiger charge is -2.25. The van der Waals surface area contributed by atoms with E-state index in [1.165, 1.54) is 26.1 Å². The Labute approximate surface area is 77.5 Å². The predicted octanol–water partition coefficient (Wildman–Crippen LogP) is 1.67. The highest BCUT2D eigenvalue weighted by atomic mass is 15.1. The van der Waals surface area contributed by atoms with Crippen molar-refractivity contribution in [3.8, 4) is 0 Å². The maximum Gasteiger partial charge on any atom is 0.00384 e. The van der Waals surface area contributed by atoms with E-state index in [-0.39, 0.29) is 0 Å². The molecule has 0 atom stereocenters. The Kier molecular flexibility index (Phi) is 6.39. The third kappa shape index (κ3) is 5.56. The van der Waals surface area contributed by atoms with Crippen LogP contribution in [0.3, 0.4) is 0 Å². The van der Waals surface area contributed by atoms with Crippen LogP contribution >= 0.6 is 0 Å². The van der Waals surface area contributed by atoms with E-state index in [1.54, 1.807) is 0 Å². The quantitative estimate of drug-likeness (QED) is 0.601. The third-order valence-corrected chi connectivity index (χ3v) is 2.19. The van der Waals surface area contributed by atoms with Gasteiger partial charge in [-0.05, 0) is 54.0 Å². The average Bonchev–Trinajstić information content (AvgIpc) is 1.96. The summed E-state index contributed by atoms with van der Waals surface area (Å²) < 4.78 is 0. The lowest BCUT2D eigenvalue weighted by molar-refractivity contribution is 0.220. The fourth-order valence-electron chi connectivity index (χ4n) is 1.37. The number of nitrogens with zero attached hydrogens (tertiary/aromatic N) is 2. The molecule has 0 rings (SSSR count). The highest BCUT2D eigenvalue weighted by Crippen LogP contribution is 1.98. The zero-order chi connectivity index (χ0) is 9.56. The maximum absolute atomic E-state index is 2.50. The molecule has 0 aliphatic carbocycles. The summed E-state index contributed by atoms with van der Waals surface area (Å²) in [6, 6.07) is 0.692. The molecule has 74 valence electrons. The van der Waals surface area contributed by atoms with E-state index >= 15 is 0 Å². The van der Waals surface area contributed by atoms with Crippen LogP contribution in [0.2, 0.25) is 0 Å². The minimum absolute atomic E-state index is 0.692. The van der Waals surface area contributed by atoms with Gasteiger partial charge in [-0.3, -0.25) is 0 Å². The molecule has 0 saturated heterocycles. The van der Waals surface area contributed by atoms with Crippen LogP contribution in [0.1, 0.15) is 27.2 Å². The van der Waals surface area contributed by atoms with Gasteiger partial charge in [-0.2, -0.15) is 0 Å². The lowest BCUT2D eigenvalue weighted by Crippen LogP contribution is -2.33. The van der Waals surface area contributed by atoms with Gasteiger partial charge in [0, 0.05) is 6.04 Å². The highest BCUT2D eigenvalue weighted by molar-refractivity contribution is 4.60. The standard InChI is InChI=1S/C10H24N2/c1-6-12(10(2)3)9-7-8-11(4)5/h10H,6-9H2,1-5H3. The Morgan fingerprint density at radius 2 is 1.67 bits per heavy atom. The molecule has 0 aromatic heterocycles. The van der Waals surface area contributed by atoms with Crippen LogP contribution in [0.25, 0.3) is 0 Å². The second-order valence-electron chi connectivity index (χ2n) is 3.88. The Morgan fingerprint density at radius 1 is 1.08 bits per heavy atom. The molecule has 0 heterocycles. The SMILES string of the molecule is CCN(CCCN(C)C)C(C)C. The van der Waals surface area contributed by atoms with Crippen LogP contribution in [-0.2, 0) is 0 Å². The van der Waals surface area contributed by atoms with Crippen LogP contribution in [0.4, 0.5) is 0 Å². The molecule has 0 spiro atoms. The van der Waals surface area contributed by atoms with E-state index in [0.29, 0.717) is 6.04 Å². The summed E-state index contributed by atoms with van der Waals surface area (Å²) in [6.07, 6.45) is 1.28. The molecular formula is C10H24N2. The smallest absolute Gasteiger partial charge is 0.00384 e. The second-order valence-corrected chi connectivity index (χ2v) is 3.88. The van der Waals surface area contributed by atoms with Crippen molar-refractivity contribution >= 4 is 0 Å². The molecule has 0 amide bonds. The van der Waals surface area contributed by atoms with Crippen molar-refractivity contribution < 1.29 is 0 Å². The Bertz CT molecular complexity index is 100. The summed E-state index contributed by atoms with van der Waals surface area (Å²) >= 11 is 0. The Morgan fingerprint density at radius 3 is 2.00 bits per heavy atom. The molecule has 2 heteroatoms. The number of rotatable bonds is 6. The van der Waals surface area contributed by atoms with Crippen LogP contribution in [-0.4, -0.2) is 49.6 Å². The second kappa shape index (κ2) is 6.44. The van der Waals surface area contributed by atoms with Gasteiger partial charge >= 0.3 is 0 Å². The van der Waals surface area contributed by atoms with Gasteiger partial charge in [0.25, 0.3) is 0 Å². The molecule has 0 aliphatic rings. The maximum atomic E-state index is 2.50. The predicted molar refractivity (Wildman–Crippen MR) is 55.6 cm³/mol. The van der Waals surface area contributed by atoms with Crippen LogP contribution in [0.15, 0.2) is 0 Å². The van der Waals surface area contributed by atoms with Gasteiger partial charge in [-0.15, -0.1) is 0 Å².